The Morgan fingerprint density at radius 3 is 2.16 bits per heavy atom. The van der Waals surface area contributed by atoms with Crippen molar-refractivity contribution in [1.29, 1.82) is 0 Å². The number of rotatable bonds is 1. The molecule has 1 aromatic rings. The van der Waals surface area contributed by atoms with Crippen molar-refractivity contribution in [2.24, 2.45) is 23.7 Å². The lowest BCUT2D eigenvalue weighted by molar-refractivity contribution is -0.123. The van der Waals surface area contributed by atoms with Crippen molar-refractivity contribution in [1.82, 2.24) is 0 Å². The number of carbonyl (C=O) groups excluding carboxylic acids is 2. The van der Waals surface area contributed by atoms with E-state index in [1.54, 1.807) is 0 Å². The summed E-state index contributed by atoms with van der Waals surface area (Å²) in [6, 6.07) is 7.40. The second-order valence-electron chi connectivity index (χ2n) is 5.46. The van der Waals surface area contributed by atoms with Crippen LogP contribution >= 0.6 is 15.9 Å². The fourth-order valence-electron chi connectivity index (χ4n) is 3.77. The van der Waals surface area contributed by atoms with Gasteiger partial charge in [0.05, 0.1) is 17.5 Å². The summed E-state index contributed by atoms with van der Waals surface area (Å²) < 4.78 is 0.789. The molecule has 3 nitrogen and oxygen atoms in total. The number of hydrogen-bond donors (Lipinski definition) is 0. The molecule has 0 aromatic heterocycles. The SMILES string of the molecule is O=C1[C@@H]2[C@H](C(=O)N1c1ccccc1Br)[C@@H]1C=C[C@H]2C1. The van der Waals surface area contributed by atoms with Gasteiger partial charge in [-0.25, -0.2) is 4.90 Å². The van der Waals surface area contributed by atoms with E-state index >= 15 is 0 Å². The predicted octanol–water partition coefficient (Wildman–Crippen LogP) is 2.76. The zero-order chi connectivity index (χ0) is 13.1. The molecule has 2 fully saturated rings. The van der Waals surface area contributed by atoms with Gasteiger partial charge in [0.2, 0.25) is 11.8 Å². The second kappa shape index (κ2) is 3.79. The maximum absolute atomic E-state index is 12.6. The molecule has 0 unspecified atom stereocenters. The van der Waals surface area contributed by atoms with Gasteiger partial charge in [0.15, 0.2) is 0 Å². The molecule has 19 heavy (non-hydrogen) atoms. The van der Waals surface area contributed by atoms with Crippen LogP contribution in [-0.2, 0) is 9.59 Å². The number of amides is 2. The minimum atomic E-state index is -0.130. The van der Waals surface area contributed by atoms with Gasteiger partial charge in [-0.15, -0.1) is 0 Å². The van der Waals surface area contributed by atoms with Crippen LogP contribution in [0.25, 0.3) is 0 Å². The first-order valence-electron chi connectivity index (χ1n) is 6.49. The van der Waals surface area contributed by atoms with Crippen molar-refractivity contribution in [3.8, 4) is 0 Å². The topological polar surface area (TPSA) is 37.4 Å². The van der Waals surface area contributed by atoms with Crippen LogP contribution in [0.3, 0.4) is 0 Å². The van der Waals surface area contributed by atoms with Gasteiger partial charge < -0.3 is 0 Å². The Morgan fingerprint density at radius 2 is 1.58 bits per heavy atom. The van der Waals surface area contributed by atoms with Crippen LogP contribution < -0.4 is 4.90 Å². The van der Waals surface area contributed by atoms with Crippen LogP contribution in [0.1, 0.15) is 6.42 Å². The number of allylic oxidation sites excluding steroid dienone is 2. The van der Waals surface area contributed by atoms with Gasteiger partial charge in [-0.2, -0.15) is 0 Å². The maximum atomic E-state index is 12.6. The zero-order valence-corrected chi connectivity index (χ0v) is 11.7. The molecule has 0 N–H and O–H groups in total. The van der Waals surface area contributed by atoms with Gasteiger partial charge in [-0.1, -0.05) is 24.3 Å². The third kappa shape index (κ3) is 1.38. The molecule has 0 spiro atoms. The Labute approximate surface area is 119 Å². The molecule has 1 saturated carbocycles. The largest absolute Gasteiger partial charge is 0.274 e. The molecule has 96 valence electrons. The van der Waals surface area contributed by atoms with Crippen LogP contribution in [0.2, 0.25) is 0 Å². The van der Waals surface area contributed by atoms with E-state index in [4.69, 9.17) is 0 Å². The number of carbonyl (C=O) groups is 2. The molecule has 1 saturated heterocycles. The molecular formula is C15H12BrNO2. The molecule has 0 radical (unpaired) electrons. The standard InChI is InChI=1S/C15H12BrNO2/c16-10-3-1-2-4-11(10)17-14(18)12-8-5-6-9(7-8)13(12)15(17)19/h1-6,8-9,12-13H,7H2/t8-,9+,12-,13+. The number of anilines is 1. The molecule has 1 aliphatic heterocycles. The van der Waals surface area contributed by atoms with Gasteiger partial charge >= 0.3 is 0 Å². The van der Waals surface area contributed by atoms with Crippen molar-refractivity contribution < 1.29 is 9.59 Å². The molecule has 3 aliphatic rings. The van der Waals surface area contributed by atoms with Crippen molar-refractivity contribution in [2.45, 2.75) is 6.42 Å². The first-order chi connectivity index (χ1) is 9.18. The summed E-state index contributed by atoms with van der Waals surface area (Å²) in [5, 5.41) is 0. The van der Waals surface area contributed by atoms with E-state index in [9.17, 15) is 9.59 Å². The summed E-state index contributed by atoms with van der Waals surface area (Å²) >= 11 is 3.43. The lowest BCUT2D eigenvalue weighted by atomic mass is 9.85. The third-order valence-corrected chi connectivity index (χ3v) is 5.23. The first kappa shape index (κ1) is 11.4. The molecule has 1 heterocycles. The summed E-state index contributed by atoms with van der Waals surface area (Å²) in [7, 11) is 0. The molecule has 2 amide bonds. The van der Waals surface area contributed by atoms with Crippen LogP contribution in [0, 0.1) is 23.7 Å². The van der Waals surface area contributed by atoms with E-state index in [1.165, 1.54) is 4.90 Å². The second-order valence-corrected chi connectivity index (χ2v) is 6.32. The van der Waals surface area contributed by atoms with Gasteiger partial charge in [0.25, 0.3) is 0 Å². The number of imide groups is 1. The summed E-state index contributed by atoms with van der Waals surface area (Å²) in [5.41, 5.74) is 0.673. The number of fused-ring (bicyclic) bond motifs is 5. The average molecular weight is 318 g/mol. The summed E-state index contributed by atoms with van der Waals surface area (Å²) in [4.78, 5) is 26.6. The van der Waals surface area contributed by atoms with Crippen molar-refractivity contribution in [3.63, 3.8) is 0 Å². The van der Waals surface area contributed by atoms with Crippen molar-refractivity contribution in [3.05, 3.63) is 40.9 Å². The van der Waals surface area contributed by atoms with Crippen LogP contribution in [0.15, 0.2) is 40.9 Å². The number of benzene rings is 1. The fraction of sp³-hybridized carbons (Fsp3) is 0.333. The molecule has 4 rings (SSSR count). The number of nitrogens with zero attached hydrogens (tertiary/aromatic N) is 1. The fourth-order valence-corrected chi connectivity index (χ4v) is 4.23. The number of halogens is 1. The third-order valence-electron chi connectivity index (χ3n) is 4.56. The Balaban J connectivity index is 1.79. The highest BCUT2D eigenvalue weighted by molar-refractivity contribution is 9.10. The Bertz CT molecular complexity index is 594. The number of hydrogen-bond acceptors (Lipinski definition) is 2. The lowest BCUT2D eigenvalue weighted by Crippen LogP contribution is -2.33. The van der Waals surface area contributed by atoms with E-state index < -0.39 is 0 Å². The van der Waals surface area contributed by atoms with E-state index in [-0.39, 0.29) is 35.5 Å². The van der Waals surface area contributed by atoms with E-state index in [2.05, 4.69) is 28.1 Å². The quantitative estimate of drug-likeness (QED) is 0.590. The Kier molecular flexibility index (Phi) is 2.28. The van der Waals surface area contributed by atoms with E-state index in [1.807, 2.05) is 24.3 Å². The molecule has 4 heteroatoms. The highest BCUT2D eigenvalue weighted by atomic mass is 79.9. The highest BCUT2D eigenvalue weighted by Gasteiger charge is 2.59. The minimum Gasteiger partial charge on any atom is -0.274 e. The number of para-hydroxylation sites is 1. The van der Waals surface area contributed by atoms with E-state index in [0.29, 0.717) is 5.69 Å². The predicted molar refractivity (Wildman–Crippen MR) is 74.4 cm³/mol. The summed E-state index contributed by atoms with van der Waals surface area (Å²) in [5.74, 6) is 0.208. The Morgan fingerprint density at radius 1 is 1.00 bits per heavy atom. The average Bonchev–Trinajstić information content (AvgIpc) is 3.06. The summed E-state index contributed by atoms with van der Waals surface area (Å²) in [6.45, 7) is 0. The smallest absolute Gasteiger partial charge is 0.238 e. The lowest BCUT2D eigenvalue weighted by Gasteiger charge is -2.18. The molecular weight excluding hydrogens is 306 g/mol. The highest BCUT2D eigenvalue weighted by Crippen LogP contribution is 2.53. The molecule has 2 bridgehead atoms. The molecule has 2 aliphatic carbocycles. The van der Waals surface area contributed by atoms with Crippen LogP contribution in [-0.4, -0.2) is 11.8 Å². The van der Waals surface area contributed by atoms with Gasteiger partial charge in [0, 0.05) is 4.47 Å². The van der Waals surface area contributed by atoms with Gasteiger partial charge in [0.1, 0.15) is 0 Å². The normalized spacial score (nSPS) is 35.3. The summed E-state index contributed by atoms with van der Waals surface area (Å²) in [6.07, 6.45) is 5.19. The van der Waals surface area contributed by atoms with Gasteiger partial charge in [-0.3, -0.25) is 9.59 Å². The molecule has 1 aromatic carbocycles. The van der Waals surface area contributed by atoms with Gasteiger partial charge in [-0.05, 0) is 46.3 Å². The maximum Gasteiger partial charge on any atom is 0.238 e. The monoisotopic (exact) mass is 317 g/mol. The Hall–Kier alpha value is -1.42. The zero-order valence-electron chi connectivity index (χ0n) is 10.1. The molecule has 4 atom stereocenters. The van der Waals surface area contributed by atoms with Crippen LogP contribution in [0.4, 0.5) is 5.69 Å². The van der Waals surface area contributed by atoms with E-state index in [0.717, 1.165) is 10.9 Å². The first-order valence-corrected chi connectivity index (χ1v) is 7.28. The van der Waals surface area contributed by atoms with Crippen molar-refractivity contribution >= 4 is 33.4 Å². The minimum absolute atomic E-state index is 0.0289. The van der Waals surface area contributed by atoms with Crippen molar-refractivity contribution in [2.75, 3.05) is 4.90 Å². The van der Waals surface area contributed by atoms with Crippen LogP contribution in [0.5, 0.6) is 0 Å².